The van der Waals surface area contributed by atoms with Crippen LogP contribution < -0.4 is 15.2 Å². The zero-order valence-electron chi connectivity index (χ0n) is 21.9. The number of nitriles is 1. The van der Waals surface area contributed by atoms with Gasteiger partial charge < -0.3 is 24.8 Å². The van der Waals surface area contributed by atoms with Gasteiger partial charge in [-0.3, -0.25) is 4.79 Å². The van der Waals surface area contributed by atoms with Crippen molar-refractivity contribution in [2.45, 2.75) is 39.2 Å². The molecule has 1 aliphatic heterocycles. The van der Waals surface area contributed by atoms with Crippen LogP contribution in [0.5, 0.6) is 11.5 Å². The molecule has 2 aliphatic rings. The number of halogens is 2. The monoisotopic (exact) mass is 599 g/mol. The fourth-order valence-electron chi connectivity index (χ4n) is 5.13. The van der Waals surface area contributed by atoms with E-state index >= 15 is 0 Å². The molecule has 1 atom stereocenters. The third-order valence-corrected chi connectivity index (χ3v) is 7.73. The van der Waals surface area contributed by atoms with Crippen molar-refractivity contribution in [3.8, 4) is 17.6 Å². The Morgan fingerprint density at radius 1 is 1.21 bits per heavy atom. The van der Waals surface area contributed by atoms with Crippen molar-refractivity contribution >= 4 is 33.3 Å². The number of nitrogens with two attached hydrogens (primary N) is 1. The van der Waals surface area contributed by atoms with Crippen LogP contribution in [0.25, 0.3) is 0 Å². The molecule has 2 aromatic carbocycles. The molecule has 2 aromatic rings. The van der Waals surface area contributed by atoms with Crippen molar-refractivity contribution < 1.29 is 19.0 Å². The largest absolute Gasteiger partial charge is 0.493 e. The molecule has 0 aromatic heterocycles. The van der Waals surface area contributed by atoms with Gasteiger partial charge in [0.05, 0.1) is 35.7 Å². The summed E-state index contributed by atoms with van der Waals surface area (Å²) in [7, 11) is 3.17. The standard InChI is InChI=1S/C29H31BrClN3O4/c1-29(2)13-22-26(23(35)14-29)25(20(15-32)28(33)34(22)9-10-36-3)18-11-21(30)27(24(12-18)37-4)38-16-17-5-7-19(31)8-6-17/h5-8,11-12,25H,9-10,13-14,16,33H2,1-4H3/t25-/m0/s1. The second kappa shape index (κ2) is 11.4. The van der Waals surface area contributed by atoms with Gasteiger partial charge in [-0.05, 0) is 63.2 Å². The van der Waals surface area contributed by atoms with E-state index in [0.29, 0.717) is 70.6 Å². The van der Waals surface area contributed by atoms with Crippen LogP contribution in [0.3, 0.4) is 0 Å². The van der Waals surface area contributed by atoms with E-state index in [1.807, 2.05) is 41.3 Å². The van der Waals surface area contributed by atoms with Gasteiger partial charge in [-0.15, -0.1) is 0 Å². The van der Waals surface area contributed by atoms with E-state index in [1.165, 1.54) is 0 Å². The Hall–Kier alpha value is -2.99. The number of ketones is 1. The number of carbonyl (C=O) groups excluding carboxylic acids is 1. The Morgan fingerprint density at radius 3 is 2.55 bits per heavy atom. The molecule has 0 amide bonds. The summed E-state index contributed by atoms with van der Waals surface area (Å²) >= 11 is 9.63. The highest BCUT2D eigenvalue weighted by atomic mass is 79.9. The Morgan fingerprint density at radius 2 is 1.92 bits per heavy atom. The number of rotatable bonds is 8. The average molecular weight is 601 g/mol. The van der Waals surface area contributed by atoms with Crippen molar-refractivity contribution in [2.24, 2.45) is 11.1 Å². The van der Waals surface area contributed by atoms with Gasteiger partial charge in [0.1, 0.15) is 12.4 Å². The Balaban J connectivity index is 1.79. The van der Waals surface area contributed by atoms with Gasteiger partial charge in [0.15, 0.2) is 17.3 Å². The lowest BCUT2D eigenvalue weighted by Crippen LogP contribution is -2.43. The van der Waals surface area contributed by atoms with Gasteiger partial charge in [-0.1, -0.05) is 37.6 Å². The van der Waals surface area contributed by atoms with Gasteiger partial charge in [0.25, 0.3) is 0 Å². The highest BCUT2D eigenvalue weighted by molar-refractivity contribution is 9.10. The maximum atomic E-state index is 13.6. The first kappa shape index (κ1) is 28.0. The molecule has 0 saturated heterocycles. The molecule has 200 valence electrons. The maximum absolute atomic E-state index is 13.6. The van der Waals surface area contributed by atoms with Crippen LogP contribution in [-0.2, 0) is 16.1 Å². The second-order valence-electron chi connectivity index (χ2n) is 10.2. The number of hydrogen-bond donors (Lipinski definition) is 1. The molecule has 1 aliphatic carbocycles. The third kappa shape index (κ3) is 5.56. The molecule has 0 spiro atoms. The number of ether oxygens (including phenoxy) is 3. The smallest absolute Gasteiger partial charge is 0.175 e. The Bertz CT molecular complexity index is 1340. The van der Waals surface area contributed by atoms with Gasteiger partial charge >= 0.3 is 0 Å². The zero-order valence-corrected chi connectivity index (χ0v) is 24.3. The minimum absolute atomic E-state index is 0.0158. The first-order valence-corrected chi connectivity index (χ1v) is 13.4. The van der Waals surface area contributed by atoms with Gasteiger partial charge in [-0.25, -0.2) is 0 Å². The lowest BCUT2D eigenvalue weighted by atomic mass is 9.68. The van der Waals surface area contributed by atoms with Gasteiger partial charge in [-0.2, -0.15) is 5.26 Å². The molecule has 0 unspecified atom stereocenters. The van der Waals surface area contributed by atoms with Crippen LogP contribution in [0.2, 0.25) is 5.02 Å². The summed E-state index contributed by atoms with van der Waals surface area (Å²) in [6, 6.07) is 13.4. The van der Waals surface area contributed by atoms with E-state index in [-0.39, 0.29) is 11.2 Å². The molecule has 0 fully saturated rings. The predicted molar refractivity (Wildman–Crippen MR) is 150 cm³/mol. The molecule has 1 heterocycles. The molecular formula is C29H31BrClN3O4. The third-order valence-electron chi connectivity index (χ3n) is 6.89. The lowest BCUT2D eigenvalue weighted by molar-refractivity contribution is -0.118. The number of allylic oxidation sites excluding steroid dienone is 3. The van der Waals surface area contributed by atoms with E-state index in [0.717, 1.165) is 16.8 Å². The molecule has 0 bridgehead atoms. The summed E-state index contributed by atoms with van der Waals surface area (Å²) in [5.41, 5.74) is 9.84. The van der Waals surface area contributed by atoms with E-state index < -0.39 is 5.92 Å². The van der Waals surface area contributed by atoms with Gasteiger partial charge in [0.2, 0.25) is 0 Å². The quantitative estimate of drug-likeness (QED) is 0.393. The van der Waals surface area contributed by atoms with E-state index in [2.05, 4.69) is 35.8 Å². The van der Waals surface area contributed by atoms with Crippen molar-refractivity contribution in [3.05, 3.63) is 79.7 Å². The fraction of sp³-hybridized carbons (Fsp3) is 0.379. The normalized spacial score (nSPS) is 18.8. The topological polar surface area (TPSA) is 97.8 Å². The molecular weight excluding hydrogens is 570 g/mol. The highest BCUT2D eigenvalue weighted by Crippen LogP contribution is 2.50. The van der Waals surface area contributed by atoms with Crippen LogP contribution in [0, 0.1) is 16.7 Å². The van der Waals surface area contributed by atoms with E-state index in [4.69, 9.17) is 31.5 Å². The van der Waals surface area contributed by atoms with Crippen molar-refractivity contribution in [1.29, 1.82) is 5.26 Å². The summed E-state index contributed by atoms with van der Waals surface area (Å²) in [4.78, 5) is 15.5. The Labute approximate surface area is 236 Å². The minimum Gasteiger partial charge on any atom is -0.493 e. The number of nitrogens with zero attached hydrogens (tertiary/aromatic N) is 2. The summed E-state index contributed by atoms with van der Waals surface area (Å²) in [5, 5.41) is 10.9. The molecule has 7 nitrogen and oxygen atoms in total. The predicted octanol–water partition coefficient (Wildman–Crippen LogP) is 6.07. The first-order valence-electron chi connectivity index (χ1n) is 12.3. The summed E-state index contributed by atoms with van der Waals surface area (Å²) < 4.78 is 17.7. The highest BCUT2D eigenvalue weighted by Gasteiger charge is 2.44. The van der Waals surface area contributed by atoms with Gasteiger partial charge in [0, 0.05) is 36.4 Å². The minimum atomic E-state index is -0.618. The van der Waals surface area contributed by atoms with Crippen molar-refractivity contribution in [3.63, 3.8) is 0 Å². The number of methoxy groups -OCH3 is 2. The van der Waals surface area contributed by atoms with Crippen molar-refractivity contribution in [2.75, 3.05) is 27.4 Å². The fourth-order valence-corrected chi connectivity index (χ4v) is 5.83. The molecule has 2 N–H and O–H groups in total. The lowest BCUT2D eigenvalue weighted by Gasteiger charge is -2.43. The van der Waals surface area contributed by atoms with Crippen LogP contribution in [0.15, 0.2) is 63.5 Å². The number of benzene rings is 2. The average Bonchev–Trinajstić information content (AvgIpc) is 2.87. The summed E-state index contributed by atoms with van der Waals surface area (Å²) in [6.45, 7) is 5.32. The Kier molecular flexibility index (Phi) is 8.41. The maximum Gasteiger partial charge on any atom is 0.175 e. The van der Waals surface area contributed by atoms with Crippen LogP contribution >= 0.6 is 27.5 Å². The van der Waals surface area contributed by atoms with Crippen LogP contribution in [0.4, 0.5) is 0 Å². The zero-order chi connectivity index (χ0) is 27.6. The van der Waals surface area contributed by atoms with Crippen LogP contribution in [-0.4, -0.2) is 38.1 Å². The second-order valence-corrected chi connectivity index (χ2v) is 11.5. The van der Waals surface area contributed by atoms with E-state index in [1.54, 1.807) is 14.2 Å². The van der Waals surface area contributed by atoms with Crippen LogP contribution in [0.1, 0.15) is 43.7 Å². The molecule has 0 saturated carbocycles. The van der Waals surface area contributed by atoms with E-state index in [9.17, 15) is 10.1 Å². The number of Topliss-reactive ketones (excluding diaryl/α,β-unsaturated/α-hetero) is 1. The SMILES string of the molecule is COCCN1C(N)=C(C#N)[C@H](c2cc(Br)c(OCc3ccc(Cl)cc3)c(OC)c2)C2=C1CC(C)(C)CC2=O. The van der Waals surface area contributed by atoms with Crippen molar-refractivity contribution in [1.82, 2.24) is 4.90 Å². The summed E-state index contributed by atoms with van der Waals surface area (Å²) in [6.07, 6.45) is 1.05. The molecule has 38 heavy (non-hydrogen) atoms. The molecule has 0 radical (unpaired) electrons. The molecule has 9 heteroatoms. The number of carbonyl (C=O) groups is 1. The molecule has 4 rings (SSSR count). The number of hydrogen-bond acceptors (Lipinski definition) is 7. The summed E-state index contributed by atoms with van der Waals surface area (Å²) in [5.74, 6) is 0.739. The first-order chi connectivity index (χ1) is 18.1.